The minimum absolute atomic E-state index is 0.137. The van der Waals surface area contributed by atoms with E-state index in [9.17, 15) is 9.36 Å². The van der Waals surface area contributed by atoms with E-state index in [1.807, 2.05) is 39.8 Å². The van der Waals surface area contributed by atoms with Gasteiger partial charge in [-0.05, 0) is 52.5 Å². The van der Waals surface area contributed by atoms with E-state index in [1.54, 1.807) is 0 Å². The topological polar surface area (TPSA) is 61.8 Å². The van der Waals surface area contributed by atoms with E-state index >= 15 is 0 Å². The molecule has 1 aliphatic rings. The first-order valence-corrected chi connectivity index (χ1v) is 9.24. The molecule has 5 nitrogen and oxygen atoms in total. The lowest BCUT2D eigenvalue weighted by Crippen LogP contribution is -2.14. The van der Waals surface area contributed by atoms with Gasteiger partial charge in [0, 0.05) is 6.92 Å². The van der Waals surface area contributed by atoms with Gasteiger partial charge in [0.2, 0.25) is 0 Å². The van der Waals surface area contributed by atoms with Gasteiger partial charge in [-0.2, -0.15) is 0 Å². The molecule has 1 aliphatic carbocycles. The second-order valence-electron chi connectivity index (χ2n) is 5.96. The predicted octanol–water partition coefficient (Wildman–Crippen LogP) is 3.93. The Kier molecular flexibility index (Phi) is 7.11. The van der Waals surface area contributed by atoms with Crippen LogP contribution in [0.5, 0.6) is 0 Å². The zero-order valence-electron chi connectivity index (χ0n) is 13.6. The third-order valence-electron chi connectivity index (χ3n) is 2.97. The van der Waals surface area contributed by atoms with Crippen molar-refractivity contribution in [2.75, 3.05) is 6.16 Å². The van der Waals surface area contributed by atoms with Gasteiger partial charge in [-0.15, -0.1) is 0 Å². The highest BCUT2D eigenvalue weighted by Gasteiger charge is 2.30. The first-order chi connectivity index (χ1) is 9.70. The van der Waals surface area contributed by atoms with E-state index < -0.39 is 7.60 Å². The fourth-order valence-electron chi connectivity index (χ4n) is 2.35. The van der Waals surface area contributed by atoms with Crippen molar-refractivity contribution in [2.45, 2.75) is 65.8 Å². The van der Waals surface area contributed by atoms with Crippen LogP contribution < -0.4 is 0 Å². The first kappa shape index (κ1) is 18.4. The smallest absolute Gasteiger partial charge is 0.331 e. The summed E-state index contributed by atoms with van der Waals surface area (Å²) in [4.78, 5) is 10.9. The molecule has 0 aromatic rings. The maximum atomic E-state index is 12.7. The molecule has 2 atom stereocenters. The Bertz CT molecular complexity index is 402. The number of carbonyl (C=O) groups excluding carboxylic acids is 1. The van der Waals surface area contributed by atoms with Crippen LogP contribution in [0.2, 0.25) is 0 Å². The Morgan fingerprint density at radius 2 is 1.76 bits per heavy atom. The van der Waals surface area contributed by atoms with Gasteiger partial charge >= 0.3 is 13.6 Å². The molecule has 6 heteroatoms. The summed E-state index contributed by atoms with van der Waals surface area (Å²) in [7, 11) is -3.07. The summed E-state index contributed by atoms with van der Waals surface area (Å²) in [5, 5.41) is 0. The fraction of sp³-hybridized carbons (Fsp3) is 0.800. The lowest BCUT2D eigenvalue weighted by atomic mass is 10.1. The van der Waals surface area contributed by atoms with Crippen molar-refractivity contribution in [3.63, 3.8) is 0 Å². The van der Waals surface area contributed by atoms with Crippen molar-refractivity contribution in [3.05, 3.63) is 12.2 Å². The van der Waals surface area contributed by atoms with Crippen LogP contribution in [0.25, 0.3) is 0 Å². The third-order valence-corrected chi connectivity index (χ3v) is 5.26. The maximum Gasteiger partial charge on any atom is 0.331 e. The highest BCUT2D eigenvalue weighted by molar-refractivity contribution is 7.53. The van der Waals surface area contributed by atoms with Gasteiger partial charge in [-0.1, -0.05) is 6.08 Å². The molecule has 0 aromatic carbocycles. The molecule has 0 fully saturated rings. The zero-order valence-corrected chi connectivity index (χ0v) is 14.5. The van der Waals surface area contributed by atoms with Crippen molar-refractivity contribution in [1.29, 1.82) is 0 Å². The van der Waals surface area contributed by atoms with Gasteiger partial charge in [0.1, 0.15) is 6.10 Å². The van der Waals surface area contributed by atoms with Crippen molar-refractivity contribution < 1.29 is 23.1 Å². The second-order valence-corrected chi connectivity index (χ2v) is 8.05. The number of hydrogen-bond acceptors (Lipinski definition) is 5. The number of allylic oxidation sites excluding steroid dienone is 1. The quantitative estimate of drug-likeness (QED) is 0.385. The molecule has 1 rings (SSSR count). The number of rotatable bonds is 8. The van der Waals surface area contributed by atoms with Crippen LogP contribution in [-0.4, -0.2) is 30.4 Å². The fourth-order valence-corrected chi connectivity index (χ4v) is 4.54. The molecule has 21 heavy (non-hydrogen) atoms. The molecule has 0 heterocycles. The van der Waals surface area contributed by atoms with E-state index in [0.717, 1.165) is 6.42 Å². The van der Waals surface area contributed by atoms with Crippen molar-refractivity contribution in [3.8, 4) is 0 Å². The van der Waals surface area contributed by atoms with Crippen LogP contribution >= 0.6 is 7.60 Å². The number of hydrogen-bond donors (Lipinski definition) is 0. The average molecular weight is 318 g/mol. The molecular weight excluding hydrogens is 291 g/mol. The molecule has 0 N–H and O–H groups in total. The highest BCUT2D eigenvalue weighted by Crippen LogP contribution is 2.51. The van der Waals surface area contributed by atoms with Crippen molar-refractivity contribution in [2.24, 2.45) is 5.92 Å². The Hall–Kier alpha value is -0.640. The lowest BCUT2D eigenvalue weighted by Gasteiger charge is -2.23. The second kappa shape index (κ2) is 8.11. The summed E-state index contributed by atoms with van der Waals surface area (Å²) in [6, 6.07) is 0. The number of carbonyl (C=O) groups is 1. The van der Waals surface area contributed by atoms with Crippen LogP contribution in [0.3, 0.4) is 0 Å². The lowest BCUT2D eigenvalue weighted by molar-refractivity contribution is -0.144. The molecule has 0 saturated heterocycles. The highest BCUT2D eigenvalue weighted by atomic mass is 31.2. The van der Waals surface area contributed by atoms with Crippen molar-refractivity contribution in [1.82, 2.24) is 0 Å². The Labute approximate surface area is 127 Å². The summed E-state index contributed by atoms with van der Waals surface area (Å²) >= 11 is 0. The van der Waals surface area contributed by atoms with Gasteiger partial charge in [0.25, 0.3) is 0 Å². The molecule has 0 unspecified atom stereocenters. The van der Waals surface area contributed by atoms with Crippen LogP contribution in [-0.2, 0) is 23.1 Å². The maximum absolute atomic E-state index is 12.7. The van der Waals surface area contributed by atoms with Gasteiger partial charge in [0.05, 0.1) is 18.4 Å². The summed E-state index contributed by atoms with van der Waals surface area (Å²) in [5.41, 5.74) is 0. The third kappa shape index (κ3) is 7.25. The summed E-state index contributed by atoms with van der Waals surface area (Å²) < 4.78 is 28.9. The number of ether oxygens (including phenoxy) is 1. The van der Waals surface area contributed by atoms with E-state index in [1.165, 1.54) is 6.92 Å². The normalized spacial score (nSPS) is 22.2. The van der Waals surface area contributed by atoms with E-state index in [-0.39, 0.29) is 30.2 Å². The van der Waals surface area contributed by atoms with E-state index in [0.29, 0.717) is 12.6 Å². The molecule has 0 radical (unpaired) electrons. The minimum Gasteiger partial charge on any atom is -0.458 e. The molecule has 0 spiro atoms. The summed E-state index contributed by atoms with van der Waals surface area (Å²) in [5.74, 6) is -0.0311. The number of esters is 1. The van der Waals surface area contributed by atoms with Gasteiger partial charge in [-0.3, -0.25) is 9.36 Å². The SMILES string of the molecule is CC(=O)O[C@H]1C=C[C@@H](CCP(=O)(OC(C)C)OC(C)C)C1. The summed E-state index contributed by atoms with van der Waals surface area (Å²) in [6.07, 6.45) is 5.29. The van der Waals surface area contributed by atoms with Gasteiger partial charge < -0.3 is 13.8 Å². The molecular formula is C15H27O5P. The molecule has 0 bridgehead atoms. The molecule has 0 amide bonds. The monoisotopic (exact) mass is 318 g/mol. The average Bonchev–Trinajstić information content (AvgIpc) is 2.71. The first-order valence-electron chi connectivity index (χ1n) is 7.51. The molecule has 0 aromatic heterocycles. The Morgan fingerprint density at radius 3 is 2.24 bits per heavy atom. The Morgan fingerprint density at radius 1 is 1.19 bits per heavy atom. The van der Waals surface area contributed by atoms with E-state index in [2.05, 4.69) is 0 Å². The molecule has 0 aliphatic heterocycles. The molecule has 0 saturated carbocycles. The standard InChI is InChI=1S/C15H27O5P/c1-11(2)19-21(17,20-12(3)4)9-8-14-6-7-15(10-14)18-13(5)16/h6-7,11-12,14-15H,8-10H2,1-5H3/t14-,15-/m0/s1. The van der Waals surface area contributed by atoms with Crippen LogP contribution in [0, 0.1) is 5.92 Å². The van der Waals surface area contributed by atoms with E-state index in [4.69, 9.17) is 13.8 Å². The Balaban J connectivity index is 2.49. The van der Waals surface area contributed by atoms with Crippen LogP contribution in [0.4, 0.5) is 0 Å². The van der Waals surface area contributed by atoms with Crippen molar-refractivity contribution >= 4 is 13.6 Å². The minimum atomic E-state index is -3.07. The van der Waals surface area contributed by atoms with Crippen LogP contribution in [0.1, 0.15) is 47.5 Å². The largest absolute Gasteiger partial charge is 0.458 e. The molecule has 122 valence electrons. The van der Waals surface area contributed by atoms with Gasteiger partial charge in [-0.25, -0.2) is 0 Å². The van der Waals surface area contributed by atoms with Gasteiger partial charge in [0.15, 0.2) is 0 Å². The van der Waals surface area contributed by atoms with Crippen LogP contribution in [0.15, 0.2) is 12.2 Å². The summed E-state index contributed by atoms with van der Waals surface area (Å²) in [6.45, 7) is 8.80. The predicted molar refractivity (Wildman–Crippen MR) is 82.3 cm³/mol. The zero-order chi connectivity index (χ0) is 16.0.